The molecule has 0 saturated heterocycles. The summed E-state index contributed by atoms with van der Waals surface area (Å²) in [6.07, 6.45) is 1.43. The smallest absolute Gasteiger partial charge is 0.227 e. The first-order chi connectivity index (χ1) is 14.3. The fourth-order valence-electron chi connectivity index (χ4n) is 3.69. The predicted octanol–water partition coefficient (Wildman–Crippen LogP) is 4.48. The maximum Gasteiger partial charge on any atom is 0.227 e. The van der Waals surface area contributed by atoms with Gasteiger partial charge in [0.15, 0.2) is 11.5 Å². The number of furan rings is 1. The van der Waals surface area contributed by atoms with Gasteiger partial charge in [-0.05, 0) is 37.3 Å². The molecular weight excluding hydrogens is 364 g/mol. The average Bonchev–Trinajstić information content (AvgIpc) is 3.32. The van der Waals surface area contributed by atoms with E-state index in [2.05, 4.69) is 20.2 Å². The third-order valence-electron chi connectivity index (χ3n) is 4.98. The molecule has 0 atom stereocenters. The van der Waals surface area contributed by atoms with E-state index in [9.17, 15) is 0 Å². The molecule has 0 bridgehead atoms. The van der Waals surface area contributed by atoms with Crippen LogP contribution in [0, 0.1) is 6.92 Å². The number of imidazole rings is 1. The molecule has 0 saturated carbocycles. The van der Waals surface area contributed by atoms with Gasteiger partial charge < -0.3 is 4.42 Å². The number of aromatic nitrogens is 6. The molecule has 7 nitrogen and oxygen atoms in total. The Morgan fingerprint density at radius 1 is 0.862 bits per heavy atom. The fraction of sp³-hybridized carbons (Fsp3) is 0.0455. The lowest BCUT2D eigenvalue weighted by Gasteiger charge is -2.08. The highest BCUT2D eigenvalue weighted by atomic mass is 16.3. The highest BCUT2D eigenvalue weighted by Gasteiger charge is 2.21. The van der Waals surface area contributed by atoms with E-state index in [-0.39, 0.29) is 0 Å². The molecule has 2 aromatic carbocycles. The summed E-state index contributed by atoms with van der Waals surface area (Å²) in [6.45, 7) is 1.95. The second kappa shape index (κ2) is 5.93. The molecular formula is C22H14N6O. The van der Waals surface area contributed by atoms with Crippen molar-refractivity contribution >= 4 is 33.4 Å². The number of hydrogen-bond acceptors (Lipinski definition) is 6. The summed E-state index contributed by atoms with van der Waals surface area (Å²) in [7, 11) is 0. The van der Waals surface area contributed by atoms with Gasteiger partial charge in [0.25, 0.3) is 0 Å². The van der Waals surface area contributed by atoms with E-state index in [1.54, 1.807) is 0 Å². The number of fused-ring (bicyclic) bond motifs is 4. The molecule has 4 aromatic heterocycles. The average molecular weight is 378 g/mol. The SMILES string of the molecule is Cc1ccc2c(n1)oc1c(-c3nc4nncnc4n3-c3ccccc3)cccc12. The Morgan fingerprint density at radius 2 is 1.76 bits per heavy atom. The molecule has 4 heterocycles. The summed E-state index contributed by atoms with van der Waals surface area (Å²) in [4.78, 5) is 13.7. The Bertz CT molecular complexity index is 1520. The van der Waals surface area contributed by atoms with Gasteiger partial charge in [-0.2, -0.15) is 0 Å². The lowest BCUT2D eigenvalue weighted by atomic mass is 10.1. The summed E-state index contributed by atoms with van der Waals surface area (Å²) in [5.74, 6) is 0.695. The van der Waals surface area contributed by atoms with Crippen molar-refractivity contribution in [3.63, 3.8) is 0 Å². The van der Waals surface area contributed by atoms with E-state index in [0.717, 1.165) is 33.3 Å². The van der Waals surface area contributed by atoms with Crippen molar-refractivity contribution in [2.45, 2.75) is 6.92 Å². The molecule has 0 amide bonds. The molecule has 0 radical (unpaired) electrons. The zero-order chi connectivity index (χ0) is 19.4. The molecule has 0 unspecified atom stereocenters. The predicted molar refractivity (Wildman–Crippen MR) is 110 cm³/mol. The number of aryl methyl sites for hydroxylation is 1. The Kier molecular flexibility index (Phi) is 3.25. The van der Waals surface area contributed by atoms with Crippen LogP contribution in [-0.2, 0) is 0 Å². The van der Waals surface area contributed by atoms with Gasteiger partial charge >= 0.3 is 0 Å². The highest BCUT2D eigenvalue weighted by molar-refractivity contribution is 6.08. The van der Waals surface area contributed by atoms with E-state index in [4.69, 9.17) is 9.40 Å². The molecule has 138 valence electrons. The molecule has 0 spiro atoms. The monoisotopic (exact) mass is 378 g/mol. The molecule has 0 N–H and O–H groups in total. The summed E-state index contributed by atoms with van der Waals surface area (Å²) in [6, 6.07) is 20.0. The molecule has 0 aliphatic carbocycles. The van der Waals surface area contributed by atoms with Crippen LogP contribution in [0.4, 0.5) is 0 Å². The van der Waals surface area contributed by atoms with Crippen LogP contribution in [0.15, 0.2) is 71.4 Å². The Labute approximate surface area is 164 Å². The molecule has 0 aliphatic heterocycles. The molecule has 6 aromatic rings. The third-order valence-corrected chi connectivity index (χ3v) is 4.98. The van der Waals surface area contributed by atoms with Crippen LogP contribution in [-0.4, -0.2) is 29.7 Å². The quantitative estimate of drug-likeness (QED) is 0.442. The molecule has 0 fully saturated rings. The van der Waals surface area contributed by atoms with Crippen molar-refractivity contribution in [2.24, 2.45) is 0 Å². The summed E-state index contributed by atoms with van der Waals surface area (Å²) >= 11 is 0. The lowest BCUT2D eigenvalue weighted by molar-refractivity contribution is 0.653. The number of rotatable bonds is 2. The first-order valence-electron chi connectivity index (χ1n) is 9.20. The number of para-hydroxylation sites is 2. The van der Waals surface area contributed by atoms with Crippen LogP contribution in [0.2, 0.25) is 0 Å². The van der Waals surface area contributed by atoms with Crippen LogP contribution >= 0.6 is 0 Å². The van der Waals surface area contributed by atoms with Crippen molar-refractivity contribution in [1.29, 1.82) is 0 Å². The van der Waals surface area contributed by atoms with Crippen molar-refractivity contribution in [2.75, 3.05) is 0 Å². The Hall–Kier alpha value is -4.13. The van der Waals surface area contributed by atoms with Crippen molar-refractivity contribution in [3.05, 3.63) is 72.7 Å². The minimum absolute atomic E-state index is 0.480. The molecule has 6 rings (SSSR count). The van der Waals surface area contributed by atoms with Crippen molar-refractivity contribution in [3.8, 4) is 17.1 Å². The Balaban J connectivity index is 1.73. The van der Waals surface area contributed by atoms with Crippen LogP contribution < -0.4 is 0 Å². The van der Waals surface area contributed by atoms with Crippen LogP contribution in [0.3, 0.4) is 0 Å². The second-order valence-electron chi connectivity index (χ2n) is 6.80. The van der Waals surface area contributed by atoms with Gasteiger partial charge in [-0.25, -0.2) is 15.0 Å². The molecule has 29 heavy (non-hydrogen) atoms. The van der Waals surface area contributed by atoms with Gasteiger partial charge in [-0.3, -0.25) is 4.57 Å². The van der Waals surface area contributed by atoms with E-state index in [1.165, 1.54) is 6.33 Å². The normalized spacial score (nSPS) is 11.6. The first-order valence-corrected chi connectivity index (χ1v) is 9.20. The summed E-state index contributed by atoms with van der Waals surface area (Å²) < 4.78 is 8.16. The summed E-state index contributed by atoms with van der Waals surface area (Å²) in [5.41, 5.74) is 5.18. The van der Waals surface area contributed by atoms with Gasteiger partial charge in [0, 0.05) is 22.2 Å². The maximum atomic E-state index is 6.18. The van der Waals surface area contributed by atoms with Crippen LogP contribution in [0.25, 0.3) is 50.4 Å². The van der Waals surface area contributed by atoms with Crippen molar-refractivity contribution < 1.29 is 4.42 Å². The van der Waals surface area contributed by atoms with Crippen LogP contribution in [0.5, 0.6) is 0 Å². The van der Waals surface area contributed by atoms with Gasteiger partial charge in [-0.15, -0.1) is 10.2 Å². The van der Waals surface area contributed by atoms with E-state index in [1.807, 2.05) is 72.2 Å². The largest absolute Gasteiger partial charge is 0.437 e. The molecule has 0 aliphatic rings. The third kappa shape index (κ3) is 2.34. The molecule has 7 heteroatoms. The zero-order valence-corrected chi connectivity index (χ0v) is 15.4. The van der Waals surface area contributed by atoms with Gasteiger partial charge in [0.2, 0.25) is 11.4 Å². The van der Waals surface area contributed by atoms with Crippen LogP contribution in [0.1, 0.15) is 5.69 Å². The number of nitrogens with zero attached hydrogens (tertiary/aromatic N) is 6. The minimum Gasteiger partial charge on any atom is -0.437 e. The van der Waals surface area contributed by atoms with E-state index in [0.29, 0.717) is 22.8 Å². The number of hydrogen-bond donors (Lipinski definition) is 0. The maximum absolute atomic E-state index is 6.18. The van der Waals surface area contributed by atoms with E-state index < -0.39 is 0 Å². The number of pyridine rings is 1. The topological polar surface area (TPSA) is 82.5 Å². The zero-order valence-electron chi connectivity index (χ0n) is 15.4. The minimum atomic E-state index is 0.480. The fourth-order valence-corrected chi connectivity index (χ4v) is 3.69. The van der Waals surface area contributed by atoms with Gasteiger partial charge in [0.1, 0.15) is 11.9 Å². The standard InChI is InChI=1S/C22H14N6O/c1-13-10-11-16-15-8-5-9-17(18(15)29-22(16)25-13)20-26-19-21(23-12-24-27-19)28(20)14-6-3-2-4-7-14/h2-12H,1H3. The lowest BCUT2D eigenvalue weighted by Crippen LogP contribution is -1.99. The van der Waals surface area contributed by atoms with Crippen molar-refractivity contribution in [1.82, 2.24) is 29.7 Å². The summed E-state index contributed by atoms with van der Waals surface area (Å²) in [5, 5.41) is 10.0. The Morgan fingerprint density at radius 3 is 2.66 bits per heavy atom. The van der Waals surface area contributed by atoms with Gasteiger partial charge in [0.05, 0.1) is 5.56 Å². The number of benzene rings is 2. The first kappa shape index (κ1) is 15.9. The second-order valence-corrected chi connectivity index (χ2v) is 6.80. The van der Waals surface area contributed by atoms with Gasteiger partial charge in [-0.1, -0.05) is 30.3 Å². The highest BCUT2D eigenvalue weighted by Crippen LogP contribution is 2.36. The van der Waals surface area contributed by atoms with E-state index >= 15 is 0 Å².